The van der Waals surface area contributed by atoms with Crippen LogP contribution in [0.5, 0.6) is 0 Å². The molecule has 1 aliphatic rings. The summed E-state index contributed by atoms with van der Waals surface area (Å²) in [5.74, 6) is -0.376. The minimum absolute atomic E-state index is 0.355. The number of nitrogens with zero attached hydrogens (tertiary/aromatic N) is 2. The molecule has 5 nitrogen and oxygen atoms in total. The number of anilines is 1. The molecule has 104 valence electrons. The highest BCUT2D eigenvalue weighted by atomic mass is 16.6. The molecule has 0 atom stereocenters. The van der Waals surface area contributed by atoms with Crippen molar-refractivity contribution in [2.75, 3.05) is 31.1 Å². The predicted octanol–water partition coefficient (Wildman–Crippen LogP) is 1.45. The minimum Gasteiger partial charge on any atom is -0.455 e. The first-order valence-corrected chi connectivity index (χ1v) is 6.61. The van der Waals surface area contributed by atoms with Gasteiger partial charge in [0.2, 0.25) is 0 Å². The molecule has 2 rings (SSSR count). The second-order valence-corrected chi connectivity index (χ2v) is 5.64. The van der Waals surface area contributed by atoms with Crippen LogP contribution < -0.4 is 10.2 Å². The minimum atomic E-state index is -0.490. The molecule has 0 bridgehead atoms. The topological polar surface area (TPSA) is 54.5 Å². The Bertz CT molecular complexity index is 431. The number of nitrogens with one attached hydrogen (secondary N) is 1. The maximum atomic E-state index is 11.8. The zero-order chi connectivity index (χ0) is 13.9. The molecule has 1 fully saturated rings. The summed E-state index contributed by atoms with van der Waals surface area (Å²) in [6.45, 7) is 9.43. The third-order valence-corrected chi connectivity index (χ3v) is 2.84. The van der Waals surface area contributed by atoms with Crippen molar-refractivity contribution in [2.24, 2.45) is 0 Å². The van der Waals surface area contributed by atoms with Crippen LogP contribution in [0.1, 0.15) is 31.3 Å². The molecule has 0 amide bonds. The summed E-state index contributed by atoms with van der Waals surface area (Å²) in [4.78, 5) is 18.3. The summed E-state index contributed by atoms with van der Waals surface area (Å²) in [5, 5.41) is 3.30. The molecule has 2 heterocycles. The Morgan fingerprint density at radius 1 is 1.32 bits per heavy atom. The van der Waals surface area contributed by atoms with E-state index in [-0.39, 0.29) is 5.97 Å². The molecule has 0 saturated carbocycles. The van der Waals surface area contributed by atoms with Gasteiger partial charge in [0.15, 0.2) is 0 Å². The lowest BCUT2D eigenvalue weighted by Crippen LogP contribution is -2.43. The van der Waals surface area contributed by atoms with E-state index in [0.717, 1.165) is 31.9 Å². The average Bonchev–Trinajstić information content (AvgIpc) is 2.38. The van der Waals surface area contributed by atoms with E-state index in [2.05, 4.69) is 15.2 Å². The second kappa shape index (κ2) is 5.57. The van der Waals surface area contributed by atoms with E-state index in [0.29, 0.717) is 5.69 Å². The number of hydrogen-bond donors (Lipinski definition) is 1. The molecule has 1 aliphatic heterocycles. The monoisotopic (exact) mass is 263 g/mol. The molecular weight excluding hydrogens is 242 g/mol. The van der Waals surface area contributed by atoms with Crippen LogP contribution in [0.15, 0.2) is 18.3 Å². The Morgan fingerprint density at radius 3 is 2.53 bits per heavy atom. The van der Waals surface area contributed by atoms with Crippen LogP contribution in [0, 0.1) is 0 Å². The van der Waals surface area contributed by atoms with Crippen LogP contribution in [0.4, 0.5) is 5.69 Å². The predicted molar refractivity (Wildman–Crippen MR) is 74.5 cm³/mol. The van der Waals surface area contributed by atoms with E-state index in [1.165, 1.54) is 0 Å². The maximum absolute atomic E-state index is 11.8. The summed E-state index contributed by atoms with van der Waals surface area (Å²) in [6.07, 6.45) is 1.74. The summed E-state index contributed by atoms with van der Waals surface area (Å²) in [5.41, 5.74) is 0.915. The van der Waals surface area contributed by atoms with Crippen molar-refractivity contribution in [1.82, 2.24) is 10.3 Å². The highest BCUT2D eigenvalue weighted by molar-refractivity contribution is 5.87. The van der Waals surface area contributed by atoms with E-state index >= 15 is 0 Å². The summed E-state index contributed by atoms with van der Waals surface area (Å²) >= 11 is 0. The number of aromatic nitrogens is 1. The van der Waals surface area contributed by atoms with Gasteiger partial charge in [0.25, 0.3) is 0 Å². The molecule has 5 heteroatoms. The smallest absolute Gasteiger partial charge is 0.357 e. The molecule has 1 saturated heterocycles. The first-order chi connectivity index (χ1) is 8.96. The van der Waals surface area contributed by atoms with Crippen molar-refractivity contribution in [2.45, 2.75) is 26.4 Å². The van der Waals surface area contributed by atoms with E-state index in [4.69, 9.17) is 4.74 Å². The van der Waals surface area contributed by atoms with E-state index in [1.54, 1.807) is 12.3 Å². The lowest BCUT2D eigenvalue weighted by Gasteiger charge is -2.29. The molecule has 1 aromatic rings. The van der Waals surface area contributed by atoms with Crippen molar-refractivity contribution in [3.8, 4) is 0 Å². The van der Waals surface area contributed by atoms with Crippen LogP contribution in [0.2, 0.25) is 0 Å². The number of carbonyl (C=O) groups is 1. The van der Waals surface area contributed by atoms with Crippen molar-refractivity contribution in [3.05, 3.63) is 24.0 Å². The number of carbonyl (C=O) groups excluding carboxylic acids is 1. The fourth-order valence-corrected chi connectivity index (χ4v) is 1.95. The van der Waals surface area contributed by atoms with Gasteiger partial charge >= 0.3 is 5.97 Å². The Labute approximate surface area is 114 Å². The zero-order valence-electron chi connectivity index (χ0n) is 11.8. The van der Waals surface area contributed by atoms with E-state index in [9.17, 15) is 4.79 Å². The highest BCUT2D eigenvalue weighted by Crippen LogP contribution is 2.15. The van der Waals surface area contributed by atoms with Gasteiger partial charge in [0.1, 0.15) is 11.3 Å². The van der Waals surface area contributed by atoms with Gasteiger partial charge in [0, 0.05) is 26.2 Å². The van der Waals surface area contributed by atoms with Crippen LogP contribution in [0.3, 0.4) is 0 Å². The molecule has 1 aromatic heterocycles. The molecule has 0 radical (unpaired) electrons. The van der Waals surface area contributed by atoms with Gasteiger partial charge < -0.3 is 15.0 Å². The van der Waals surface area contributed by atoms with Gasteiger partial charge in [0.05, 0.1) is 11.9 Å². The van der Waals surface area contributed by atoms with Gasteiger partial charge in [-0.25, -0.2) is 9.78 Å². The molecular formula is C14H21N3O2. The molecule has 0 spiro atoms. The lowest BCUT2D eigenvalue weighted by atomic mass is 10.2. The fourth-order valence-electron chi connectivity index (χ4n) is 1.95. The molecule has 0 aliphatic carbocycles. The number of esters is 1. The van der Waals surface area contributed by atoms with Gasteiger partial charge in [-0.15, -0.1) is 0 Å². The van der Waals surface area contributed by atoms with Crippen LogP contribution in [0.25, 0.3) is 0 Å². The molecule has 0 unspecified atom stereocenters. The number of ether oxygens (including phenoxy) is 1. The normalized spacial score (nSPS) is 16.3. The van der Waals surface area contributed by atoms with Crippen molar-refractivity contribution in [3.63, 3.8) is 0 Å². The first kappa shape index (κ1) is 13.8. The Morgan fingerprint density at radius 2 is 2.00 bits per heavy atom. The molecule has 19 heavy (non-hydrogen) atoms. The van der Waals surface area contributed by atoms with Gasteiger partial charge in [-0.3, -0.25) is 0 Å². The average molecular weight is 263 g/mol. The summed E-state index contributed by atoms with van der Waals surface area (Å²) in [6, 6.07) is 3.66. The van der Waals surface area contributed by atoms with Crippen LogP contribution >= 0.6 is 0 Å². The maximum Gasteiger partial charge on any atom is 0.357 e. The number of pyridine rings is 1. The second-order valence-electron chi connectivity index (χ2n) is 5.64. The highest BCUT2D eigenvalue weighted by Gasteiger charge is 2.19. The standard InChI is InChI=1S/C14H21N3O2/c1-14(2,3)19-13(18)12-5-4-11(10-16-12)17-8-6-15-7-9-17/h4-5,10,15H,6-9H2,1-3H3. The first-order valence-electron chi connectivity index (χ1n) is 6.61. The third kappa shape index (κ3) is 3.92. The van der Waals surface area contributed by atoms with E-state index in [1.807, 2.05) is 26.8 Å². The van der Waals surface area contributed by atoms with Crippen molar-refractivity contribution >= 4 is 11.7 Å². The van der Waals surface area contributed by atoms with E-state index < -0.39 is 5.60 Å². The molecule has 0 aromatic carbocycles. The SMILES string of the molecule is CC(C)(C)OC(=O)c1ccc(N2CCNCC2)cn1. The number of piperazine rings is 1. The van der Waals surface area contributed by atoms with Gasteiger partial charge in [-0.05, 0) is 32.9 Å². The Hall–Kier alpha value is -1.62. The van der Waals surface area contributed by atoms with Gasteiger partial charge in [-0.2, -0.15) is 0 Å². The lowest BCUT2D eigenvalue weighted by molar-refractivity contribution is 0.00629. The van der Waals surface area contributed by atoms with Crippen LogP contribution in [-0.4, -0.2) is 42.7 Å². The number of rotatable bonds is 2. The Kier molecular flexibility index (Phi) is 4.04. The summed E-state index contributed by atoms with van der Waals surface area (Å²) in [7, 11) is 0. The fraction of sp³-hybridized carbons (Fsp3) is 0.571. The van der Waals surface area contributed by atoms with Crippen molar-refractivity contribution in [1.29, 1.82) is 0 Å². The quantitative estimate of drug-likeness (QED) is 0.818. The number of hydrogen-bond acceptors (Lipinski definition) is 5. The zero-order valence-corrected chi connectivity index (χ0v) is 11.8. The van der Waals surface area contributed by atoms with Gasteiger partial charge in [-0.1, -0.05) is 0 Å². The Balaban J connectivity index is 2.03. The largest absolute Gasteiger partial charge is 0.455 e. The van der Waals surface area contributed by atoms with Crippen LogP contribution in [-0.2, 0) is 4.74 Å². The molecule has 1 N–H and O–H groups in total. The summed E-state index contributed by atoms with van der Waals surface area (Å²) < 4.78 is 5.28. The third-order valence-electron chi connectivity index (χ3n) is 2.84. The van der Waals surface area contributed by atoms with Crippen molar-refractivity contribution < 1.29 is 9.53 Å².